The summed E-state index contributed by atoms with van der Waals surface area (Å²) in [6.45, 7) is 4.87. The molecule has 0 heterocycles. The van der Waals surface area contributed by atoms with Crippen LogP contribution in [-0.2, 0) is 30.3 Å². The van der Waals surface area contributed by atoms with Gasteiger partial charge < -0.3 is 30.9 Å². The number of aliphatic hydroxyl groups excluding tert-OH is 2. The van der Waals surface area contributed by atoms with Crippen molar-refractivity contribution in [1.29, 1.82) is 0 Å². The fourth-order valence-electron chi connectivity index (χ4n) is 3.21. The number of esters is 1. The number of carbonyl (C=O) groups excluding carboxylic acids is 4. The van der Waals surface area contributed by atoms with Gasteiger partial charge in [-0.15, -0.1) is 12.6 Å². The summed E-state index contributed by atoms with van der Waals surface area (Å²) in [5.74, 6) is -2.00. The van der Waals surface area contributed by atoms with Crippen molar-refractivity contribution < 1.29 is 34.1 Å². The van der Waals surface area contributed by atoms with Crippen LogP contribution in [0.3, 0.4) is 0 Å². The van der Waals surface area contributed by atoms with Gasteiger partial charge in [-0.05, 0) is 31.1 Å². The molecule has 1 aromatic rings. The molecule has 1 unspecified atom stereocenters. The molecular weight excluding hydrogens is 530 g/mol. The number of nitrogens with one attached hydrogen (secondary N) is 3. The van der Waals surface area contributed by atoms with Crippen molar-refractivity contribution in [3.8, 4) is 0 Å². The van der Waals surface area contributed by atoms with Gasteiger partial charge in [0.1, 0.15) is 12.6 Å². The van der Waals surface area contributed by atoms with Crippen LogP contribution in [0, 0.1) is 0 Å². The first kappa shape index (κ1) is 33.2. The second-order valence-corrected chi connectivity index (χ2v) is 9.42. The summed E-state index contributed by atoms with van der Waals surface area (Å²) in [6, 6.07) is 7.13. The van der Waals surface area contributed by atoms with Gasteiger partial charge in [0.2, 0.25) is 11.8 Å². The summed E-state index contributed by atoms with van der Waals surface area (Å²) >= 11 is 8.19. The van der Waals surface area contributed by atoms with Crippen molar-refractivity contribution in [2.45, 2.75) is 62.3 Å². The molecule has 1 aromatic carbocycles. The molecule has 5 atom stereocenters. The van der Waals surface area contributed by atoms with Gasteiger partial charge in [-0.25, -0.2) is 0 Å². The molecule has 0 radical (unpaired) electrons. The first-order chi connectivity index (χ1) is 18.1. The molecular formula is C26H37N3O7S2. The van der Waals surface area contributed by atoms with Gasteiger partial charge in [-0.1, -0.05) is 55.1 Å². The van der Waals surface area contributed by atoms with Crippen LogP contribution in [0.1, 0.15) is 31.7 Å². The lowest BCUT2D eigenvalue weighted by Gasteiger charge is -2.26. The van der Waals surface area contributed by atoms with E-state index in [1.807, 2.05) is 6.07 Å². The molecule has 0 fully saturated rings. The average Bonchev–Trinajstić information content (AvgIpc) is 2.87. The number of amides is 3. The van der Waals surface area contributed by atoms with Crippen molar-refractivity contribution in [3.05, 3.63) is 60.7 Å². The Labute approximate surface area is 234 Å². The molecule has 0 bridgehead atoms. The number of carbonyl (C=O) groups is 4. The van der Waals surface area contributed by atoms with E-state index >= 15 is 0 Å². The second kappa shape index (κ2) is 18.5. The number of aliphatic hydroxyl groups is 2. The summed E-state index contributed by atoms with van der Waals surface area (Å²) in [7, 11) is 0. The zero-order chi connectivity index (χ0) is 28.5. The topological polar surface area (TPSA) is 154 Å². The lowest BCUT2D eigenvalue weighted by atomic mass is 9.99. The third-order valence-corrected chi connectivity index (χ3v) is 5.80. The number of thiol groups is 2. The fraction of sp³-hybridized carbons (Fsp3) is 0.462. The van der Waals surface area contributed by atoms with Crippen molar-refractivity contribution in [2.75, 3.05) is 12.4 Å². The largest absolute Gasteiger partial charge is 0.461 e. The van der Waals surface area contributed by atoms with Gasteiger partial charge in [0.25, 0.3) is 5.91 Å². The van der Waals surface area contributed by atoms with E-state index < -0.39 is 53.4 Å². The summed E-state index contributed by atoms with van der Waals surface area (Å²) in [5.41, 5.74) is 0.801. The molecule has 210 valence electrons. The molecule has 0 aliphatic rings. The van der Waals surface area contributed by atoms with Crippen LogP contribution in [-0.4, -0.2) is 75.9 Å². The standard InChI is InChI=1S/C26H37N3O7S2/c1-3-12-36-23(33)16-21(31)20(14-18-9-5-4-6-10-18)28-25(35)26(38)29-24(34)17(2)27-22(32)15-19(30)11-7-8-13-37/h3-7,9-11,17,19-21,26,30-31,37-38H,1,8,12-16H2,2H3,(H,27,32)(H,28,35)(H,29,34)/b11-7+/t17-,19-,20-,21+,26?/m1/s1. The van der Waals surface area contributed by atoms with E-state index in [1.165, 1.54) is 19.1 Å². The number of ether oxygens (including phenoxy) is 1. The van der Waals surface area contributed by atoms with Crippen LogP contribution in [0.25, 0.3) is 0 Å². The van der Waals surface area contributed by atoms with Crippen LogP contribution in [0.4, 0.5) is 0 Å². The number of hydrogen-bond donors (Lipinski definition) is 7. The van der Waals surface area contributed by atoms with Crippen LogP contribution < -0.4 is 16.0 Å². The average molecular weight is 568 g/mol. The summed E-state index contributed by atoms with van der Waals surface area (Å²) in [6.07, 6.45) is 2.55. The summed E-state index contributed by atoms with van der Waals surface area (Å²) in [5, 5.41) is 26.7. The van der Waals surface area contributed by atoms with E-state index in [2.05, 4.69) is 47.8 Å². The molecule has 1 rings (SSSR count). The van der Waals surface area contributed by atoms with E-state index in [9.17, 15) is 29.4 Å². The van der Waals surface area contributed by atoms with Gasteiger partial charge in [-0.2, -0.15) is 12.6 Å². The Morgan fingerprint density at radius 3 is 2.37 bits per heavy atom. The Hall–Kier alpha value is -2.80. The molecule has 3 amide bonds. The lowest BCUT2D eigenvalue weighted by Crippen LogP contribution is -2.54. The van der Waals surface area contributed by atoms with Crippen LogP contribution in [0.5, 0.6) is 0 Å². The van der Waals surface area contributed by atoms with Gasteiger partial charge >= 0.3 is 5.97 Å². The Kier molecular flexibility index (Phi) is 16.1. The minimum absolute atomic E-state index is 0.00748. The Morgan fingerprint density at radius 1 is 1.05 bits per heavy atom. The van der Waals surface area contributed by atoms with Crippen molar-refractivity contribution in [1.82, 2.24) is 16.0 Å². The van der Waals surface area contributed by atoms with Gasteiger partial charge in [0.05, 0.1) is 31.1 Å². The number of allylic oxidation sites excluding steroid dienone is 1. The molecule has 10 nitrogen and oxygen atoms in total. The summed E-state index contributed by atoms with van der Waals surface area (Å²) < 4.78 is 4.91. The predicted octanol–water partition coefficient (Wildman–Crippen LogP) is 0.698. The van der Waals surface area contributed by atoms with Crippen LogP contribution in [0.2, 0.25) is 0 Å². The molecule has 0 spiro atoms. The highest BCUT2D eigenvalue weighted by Gasteiger charge is 2.28. The quantitative estimate of drug-likeness (QED) is 0.0633. The van der Waals surface area contributed by atoms with E-state index in [-0.39, 0.29) is 25.9 Å². The maximum absolute atomic E-state index is 12.8. The Bertz CT molecular complexity index is 946. The minimum atomic E-state index is -1.31. The molecule has 0 aliphatic heterocycles. The molecule has 12 heteroatoms. The third kappa shape index (κ3) is 13.7. The molecule has 38 heavy (non-hydrogen) atoms. The zero-order valence-electron chi connectivity index (χ0n) is 21.3. The molecule has 5 N–H and O–H groups in total. The first-order valence-corrected chi connectivity index (χ1v) is 13.2. The van der Waals surface area contributed by atoms with Gasteiger partial charge in [0, 0.05) is 0 Å². The van der Waals surface area contributed by atoms with E-state index in [4.69, 9.17) is 4.74 Å². The van der Waals surface area contributed by atoms with Crippen LogP contribution >= 0.6 is 25.3 Å². The SMILES string of the molecule is C=CCOC(=O)C[C@H](O)[C@@H](Cc1ccccc1)NC(=O)C(S)NC(=O)[C@@H](C)NC(=O)C[C@H](O)/C=C/CCS. The molecule has 0 saturated heterocycles. The maximum atomic E-state index is 12.8. The predicted molar refractivity (Wildman–Crippen MR) is 151 cm³/mol. The molecule has 0 aromatic heterocycles. The third-order valence-electron chi connectivity index (χ3n) is 5.18. The van der Waals surface area contributed by atoms with Crippen molar-refractivity contribution >= 4 is 48.9 Å². The molecule has 0 saturated carbocycles. The Morgan fingerprint density at radius 2 is 1.74 bits per heavy atom. The maximum Gasteiger partial charge on any atom is 0.308 e. The minimum Gasteiger partial charge on any atom is -0.461 e. The lowest BCUT2D eigenvalue weighted by molar-refractivity contribution is -0.145. The van der Waals surface area contributed by atoms with E-state index in [0.29, 0.717) is 12.2 Å². The smallest absolute Gasteiger partial charge is 0.308 e. The monoisotopic (exact) mass is 567 g/mol. The van der Waals surface area contributed by atoms with Gasteiger partial charge in [0.15, 0.2) is 5.37 Å². The van der Waals surface area contributed by atoms with Crippen molar-refractivity contribution in [3.63, 3.8) is 0 Å². The Balaban J connectivity index is 2.71. The fourth-order valence-corrected chi connectivity index (χ4v) is 3.56. The second-order valence-electron chi connectivity index (χ2n) is 8.46. The van der Waals surface area contributed by atoms with E-state index in [0.717, 1.165) is 5.56 Å². The highest BCUT2D eigenvalue weighted by atomic mass is 32.1. The summed E-state index contributed by atoms with van der Waals surface area (Å²) in [4.78, 5) is 49.3. The number of hydrogen-bond acceptors (Lipinski definition) is 9. The normalized spacial score (nSPS) is 15.0. The van der Waals surface area contributed by atoms with Gasteiger partial charge in [-0.3, -0.25) is 19.2 Å². The van der Waals surface area contributed by atoms with Crippen molar-refractivity contribution in [2.24, 2.45) is 0 Å². The van der Waals surface area contributed by atoms with E-state index in [1.54, 1.807) is 30.3 Å². The highest BCUT2D eigenvalue weighted by molar-refractivity contribution is 7.81. The zero-order valence-corrected chi connectivity index (χ0v) is 23.1. The number of benzene rings is 1. The first-order valence-electron chi connectivity index (χ1n) is 12.1. The molecule has 0 aliphatic carbocycles. The number of rotatable bonds is 17. The van der Waals surface area contributed by atoms with Crippen LogP contribution in [0.15, 0.2) is 55.1 Å². The highest BCUT2D eigenvalue weighted by Crippen LogP contribution is 2.11.